The highest BCUT2D eigenvalue weighted by molar-refractivity contribution is 7.98. The molecule has 0 N–H and O–H groups in total. The molecule has 6 aromatic rings. The number of fused-ring (bicyclic) bond motifs is 4. The number of thioether (sulfide) groups is 1. The largest absolute Gasteiger partial charge is 0.272 e. The molecular formula is C24H18N6O2S2. The van der Waals surface area contributed by atoms with Crippen LogP contribution in [0.4, 0.5) is 0 Å². The van der Waals surface area contributed by atoms with E-state index in [1.54, 1.807) is 16.8 Å². The molecule has 4 heterocycles. The van der Waals surface area contributed by atoms with E-state index in [0.29, 0.717) is 39.3 Å². The number of aromatic nitrogens is 6. The summed E-state index contributed by atoms with van der Waals surface area (Å²) in [5, 5.41) is 11.9. The lowest BCUT2D eigenvalue weighted by molar-refractivity contribution is 0.763. The first-order chi connectivity index (χ1) is 16.6. The Kier molecular flexibility index (Phi) is 5.04. The highest BCUT2D eigenvalue weighted by Crippen LogP contribution is 2.24. The Morgan fingerprint density at radius 2 is 1.85 bits per heavy atom. The second-order valence-corrected chi connectivity index (χ2v) is 9.76. The highest BCUT2D eigenvalue weighted by atomic mass is 32.2. The van der Waals surface area contributed by atoms with Gasteiger partial charge in [-0.15, -0.1) is 21.5 Å². The Labute approximate surface area is 201 Å². The monoisotopic (exact) mass is 486 g/mol. The van der Waals surface area contributed by atoms with Gasteiger partial charge in [-0.25, -0.2) is 4.98 Å². The minimum Gasteiger partial charge on any atom is -0.272 e. The molecule has 8 nitrogen and oxygen atoms in total. The maximum Gasteiger partial charge on any atom is 0.263 e. The van der Waals surface area contributed by atoms with Crippen LogP contribution in [-0.4, -0.2) is 28.5 Å². The fourth-order valence-electron chi connectivity index (χ4n) is 3.95. The van der Waals surface area contributed by atoms with Gasteiger partial charge >= 0.3 is 0 Å². The zero-order chi connectivity index (χ0) is 23.2. The maximum atomic E-state index is 13.4. The number of para-hydroxylation sites is 1. The molecule has 34 heavy (non-hydrogen) atoms. The van der Waals surface area contributed by atoms with Crippen molar-refractivity contribution >= 4 is 44.7 Å². The molecule has 0 aliphatic rings. The lowest BCUT2D eigenvalue weighted by Crippen LogP contribution is -2.24. The summed E-state index contributed by atoms with van der Waals surface area (Å²) in [6, 6.07) is 17.1. The predicted octanol–water partition coefficient (Wildman–Crippen LogP) is 3.76. The quantitative estimate of drug-likeness (QED) is 0.345. The van der Waals surface area contributed by atoms with Crippen LogP contribution in [-0.2, 0) is 12.3 Å². The van der Waals surface area contributed by atoms with Crippen LogP contribution >= 0.6 is 23.1 Å². The average Bonchev–Trinajstić information content (AvgIpc) is 3.49. The third-order valence-corrected chi connectivity index (χ3v) is 7.36. The SMILES string of the molecule is Cc1ccc(Cn2c(=O)c3ccccc3n3c(SCc4cc(=O)n5ccsc5n4)nnc23)cc1. The molecule has 0 atom stereocenters. The van der Waals surface area contributed by atoms with E-state index in [-0.39, 0.29) is 11.1 Å². The van der Waals surface area contributed by atoms with E-state index < -0.39 is 0 Å². The summed E-state index contributed by atoms with van der Waals surface area (Å²) in [7, 11) is 0. The number of nitrogens with zero attached hydrogens (tertiary/aromatic N) is 6. The van der Waals surface area contributed by atoms with E-state index in [1.807, 2.05) is 65.2 Å². The van der Waals surface area contributed by atoms with Gasteiger partial charge in [0.1, 0.15) is 0 Å². The van der Waals surface area contributed by atoms with Crippen LogP contribution in [0, 0.1) is 6.92 Å². The van der Waals surface area contributed by atoms with Crippen LogP contribution in [0.1, 0.15) is 16.8 Å². The Morgan fingerprint density at radius 1 is 1.03 bits per heavy atom. The fraction of sp³-hybridized carbons (Fsp3) is 0.125. The molecule has 6 rings (SSSR count). The van der Waals surface area contributed by atoms with E-state index in [9.17, 15) is 9.59 Å². The van der Waals surface area contributed by atoms with Gasteiger partial charge in [0.2, 0.25) is 5.78 Å². The molecule has 0 aliphatic carbocycles. The Bertz CT molecular complexity index is 1800. The minimum absolute atomic E-state index is 0.106. The molecule has 168 valence electrons. The zero-order valence-electron chi connectivity index (χ0n) is 18.1. The number of hydrogen-bond acceptors (Lipinski definition) is 7. The predicted molar refractivity (Wildman–Crippen MR) is 134 cm³/mol. The fourth-order valence-corrected chi connectivity index (χ4v) is 5.52. The van der Waals surface area contributed by atoms with Crippen molar-refractivity contribution in [1.29, 1.82) is 0 Å². The van der Waals surface area contributed by atoms with Gasteiger partial charge in [-0.3, -0.25) is 23.0 Å². The van der Waals surface area contributed by atoms with Crippen LogP contribution in [0.15, 0.2) is 80.9 Å². The van der Waals surface area contributed by atoms with Crippen molar-refractivity contribution in [3.63, 3.8) is 0 Å². The Hall–Kier alpha value is -3.76. The lowest BCUT2D eigenvalue weighted by Gasteiger charge is -2.11. The summed E-state index contributed by atoms with van der Waals surface area (Å²) in [6.45, 7) is 2.43. The standard InChI is InChI=1S/C24H18N6O2S2/c1-15-6-8-16(9-7-15)13-29-21(32)18-4-2-3-5-19(18)30-22(29)26-27-24(30)34-14-17-12-20(31)28-10-11-33-23(28)25-17/h2-12H,13-14H2,1H3. The number of benzene rings is 2. The first kappa shape index (κ1) is 20.8. The van der Waals surface area contributed by atoms with Gasteiger partial charge in [0, 0.05) is 23.4 Å². The van der Waals surface area contributed by atoms with E-state index >= 15 is 0 Å². The Balaban J connectivity index is 1.45. The van der Waals surface area contributed by atoms with Gasteiger partial charge in [-0.05, 0) is 24.6 Å². The second kappa shape index (κ2) is 8.23. The molecule has 2 aromatic carbocycles. The molecule has 0 amide bonds. The molecule has 0 bridgehead atoms. The van der Waals surface area contributed by atoms with Crippen molar-refractivity contribution in [1.82, 2.24) is 28.5 Å². The van der Waals surface area contributed by atoms with E-state index in [2.05, 4.69) is 15.2 Å². The third-order valence-electron chi connectivity index (χ3n) is 5.64. The van der Waals surface area contributed by atoms with Gasteiger partial charge < -0.3 is 0 Å². The van der Waals surface area contributed by atoms with Crippen LogP contribution in [0.5, 0.6) is 0 Å². The minimum atomic E-state index is -0.106. The molecule has 0 spiro atoms. The summed E-state index contributed by atoms with van der Waals surface area (Å²) in [5.41, 5.74) is 3.38. The average molecular weight is 487 g/mol. The van der Waals surface area contributed by atoms with Gasteiger partial charge in [0.15, 0.2) is 10.1 Å². The summed E-state index contributed by atoms with van der Waals surface area (Å²) < 4.78 is 5.10. The van der Waals surface area contributed by atoms with Crippen molar-refractivity contribution in [3.05, 3.63) is 104 Å². The number of rotatable bonds is 5. The summed E-state index contributed by atoms with van der Waals surface area (Å²) in [4.78, 5) is 30.9. The molecule has 0 fully saturated rings. The Morgan fingerprint density at radius 3 is 2.71 bits per heavy atom. The smallest absolute Gasteiger partial charge is 0.263 e. The van der Waals surface area contributed by atoms with Crippen LogP contribution in [0.25, 0.3) is 21.6 Å². The molecule has 0 radical (unpaired) electrons. The number of thiazole rings is 1. The molecule has 0 saturated carbocycles. The van der Waals surface area contributed by atoms with Crippen LogP contribution in [0.2, 0.25) is 0 Å². The van der Waals surface area contributed by atoms with Gasteiger partial charge in [-0.1, -0.05) is 53.7 Å². The highest BCUT2D eigenvalue weighted by Gasteiger charge is 2.17. The summed E-state index contributed by atoms with van der Waals surface area (Å²) in [5.74, 6) is 0.934. The second-order valence-electron chi connectivity index (χ2n) is 7.94. The molecule has 0 aliphatic heterocycles. The first-order valence-electron chi connectivity index (χ1n) is 10.6. The van der Waals surface area contributed by atoms with E-state index in [1.165, 1.54) is 27.5 Å². The van der Waals surface area contributed by atoms with E-state index in [0.717, 1.165) is 16.6 Å². The first-order valence-corrected chi connectivity index (χ1v) is 12.5. The van der Waals surface area contributed by atoms with Gasteiger partial charge in [0.05, 0.1) is 23.1 Å². The van der Waals surface area contributed by atoms with Crippen LogP contribution < -0.4 is 11.1 Å². The number of hydrogen-bond donors (Lipinski definition) is 0. The van der Waals surface area contributed by atoms with Crippen molar-refractivity contribution in [2.45, 2.75) is 24.4 Å². The van der Waals surface area contributed by atoms with Gasteiger partial charge in [-0.2, -0.15) is 0 Å². The van der Waals surface area contributed by atoms with Crippen molar-refractivity contribution in [3.8, 4) is 0 Å². The zero-order valence-corrected chi connectivity index (χ0v) is 19.7. The van der Waals surface area contributed by atoms with Crippen LogP contribution in [0.3, 0.4) is 0 Å². The topological polar surface area (TPSA) is 86.6 Å². The maximum absolute atomic E-state index is 13.4. The van der Waals surface area contributed by atoms with E-state index in [4.69, 9.17) is 0 Å². The molecule has 0 saturated heterocycles. The van der Waals surface area contributed by atoms with Crippen molar-refractivity contribution in [2.75, 3.05) is 0 Å². The molecular weight excluding hydrogens is 468 g/mol. The summed E-state index contributed by atoms with van der Waals surface area (Å²) >= 11 is 2.86. The van der Waals surface area contributed by atoms with Crippen molar-refractivity contribution in [2.24, 2.45) is 0 Å². The van der Waals surface area contributed by atoms with Gasteiger partial charge in [0.25, 0.3) is 11.1 Å². The summed E-state index contributed by atoms with van der Waals surface area (Å²) in [6.07, 6.45) is 1.72. The van der Waals surface area contributed by atoms with Crippen molar-refractivity contribution < 1.29 is 0 Å². The number of aryl methyl sites for hydroxylation is 1. The third kappa shape index (κ3) is 3.51. The lowest BCUT2D eigenvalue weighted by atomic mass is 10.1. The normalized spacial score (nSPS) is 11.7. The molecule has 4 aromatic heterocycles. The molecule has 10 heteroatoms. The molecule has 0 unspecified atom stereocenters.